The Labute approximate surface area is 145 Å². The molecule has 1 unspecified atom stereocenters. The van der Waals surface area contributed by atoms with Crippen LogP contribution in [0.15, 0.2) is 14.3 Å². The van der Waals surface area contributed by atoms with Gasteiger partial charge in [0.2, 0.25) is 0 Å². The van der Waals surface area contributed by atoms with Gasteiger partial charge in [-0.15, -0.1) is 11.3 Å². The minimum Gasteiger partial charge on any atom is -0.312 e. The highest BCUT2D eigenvalue weighted by Crippen LogP contribution is 2.37. The Morgan fingerprint density at radius 3 is 2.70 bits per heavy atom. The lowest BCUT2D eigenvalue weighted by molar-refractivity contribution is 0.546. The average Bonchev–Trinajstić information content (AvgIpc) is 2.89. The van der Waals surface area contributed by atoms with E-state index in [1.165, 1.54) is 4.88 Å². The maximum absolute atomic E-state index is 6.39. The van der Waals surface area contributed by atoms with Gasteiger partial charge in [-0.25, -0.2) is 0 Å². The third-order valence-electron chi connectivity index (χ3n) is 3.21. The second-order valence-corrected chi connectivity index (χ2v) is 8.11. The van der Waals surface area contributed by atoms with Gasteiger partial charge in [-0.1, -0.05) is 11.6 Å². The van der Waals surface area contributed by atoms with Crippen molar-refractivity contribution in [2.24, 2.45) is 0 Å². The molecule has 0 spiro atoms. The van der Waals surface area contributed by atoms with Crippen molar-refractivity contribution in [3.05, 3.63) is 35.6 Å². The molecule has 2 rings (SSSR count). The molecule has 1 N–H and O–H groups in total. The topological polar surface area (TPSA) is 29.9 Å². The SMILES string of the molecule is CCn1nc(C)c(Cl)c1CC(NC)c1cc(Br)c(Br)s1. The van der Waals surface area contributed by atoms with Crippen LogP contribution in [0.4, 0.5) is 0 Å². The van der Waals surface area contributed by atoms with Crippen molar-refractivity contribution in [2.75, 3.05) is 7.05 Å². The van der Waals surface area contributed by atoms with E-state index in [1.807, 2.05) is 18.7 Å². The molecule has 0 aromatic carbocycles. The van der Waals surface area contributed by atoms with E-state index in [9.17, 15) is 0 Å². The number of hydrogen-bond donors (Lipinski definition) is 1. The number of aromatic nitrogens is 2. The van der Waals surface area contributed by atoms with Crippen molar-refractivity contribution >= 4 is 54.8 Å². The average molecular weight is 442 g/mol. The smallest absolute Gasteiger partial charge is 0.0847 e. The van der Waals surface area contributed by atoms with Gasteiger partial charge in [0.1, 0.15) is 0 Å². The van der Waals surface area contributed by atoms with Crippen LogP contribution < -0.4 is 5.32 Å². The second-order valence-electron chi connectivity index (χ2n) is 4.48. The van der Waals surface area contributed by atoms with Crippen LogP contribution in [0.3, 0.4) is 0 Å². The summed E-state index contributed by atoms with van der Waals surface area (Å²) in [5.41, 5.74) is 1.98. The highest BCUT2D eigenvalue weighted by molar-refractivity contribution is 9.13. The fraction of sp³-hybridized carbons (Fsp3) is 0.462. The van der Waals surface area contributed by atoms with Gasteiger partial charge in [0.15, 0.2) is 0 Å². The van der Waals surface area contributed by atoms with Crippen LogP contribution in [0.25, 0.3) is 0 Å². The van der Waals surface area contributed by atoms with Gasteiger partial charge in [0.25, 0.3) is 0 Å². The predicted molar refractivity (Wildman–Crippen MR) is 92.9 cm³/mol. The van der Waals surface area contributed by atoms with E-state index >= 15 is 0 Å². The van der Waals surface area contributed by atoms with Crippen LogP contribution in [0.1, 0.15) is 29.2 Å². The summed E-state index contributed by atoms with van der Waals surface area (Å²) in [5, 5.41) is 8.62. The Balaban J connectivity index is 2.31. The van der Waals surface area contributed by atoms with Gasteiger partial charge in [-0.2, -0.15) is 5.10 Å². The number of likely N-dealkylation sites (N-methyl/N-ethyl adjacent to an activating group) is 1. The van der Waals surface area contributed by atoms with Gasteiger partial charge >= 0.3 is 0 Å². The molecule has 7 heteroatoms. The molecule has 2 heterocycles. The maximum Gasteiger partial charge on any atom is 0.0847 e. The van der Waals surface area contributed by atoms with Crippen LogP contribution in [-0.2, 0) is 13.0 Å². The summed E-state index contributed by atoms with van der Waals surface area (Å²) >= 11 is 15.2. The first-order valence-electron chi connectivity index (χ1n) is 6.31. The van der Waals surface area contributed by atoms with Gasteiger partial charge in [0, 0.05) is 28.4 Å². The fourth-order valence-corrected chi connectivity index (χ4v) is 4.55. The van der Waals surface area contributed by atoms with Crippen LogP contribution in [0.5, 0.6) is 0 Å². The van der Waals surface area contributed by atoms with Gasteiger partial charge < -0.3 is 5.32 Å². The van der Waals surface area contributed by atoms with Gasteiger partial charge in [0.05, 0.1) is 20.2 Å². The minimum absolute atomic E-state index is 0.224. The van der Waals surface area contributed by atoms with E-state index in [4.69, 9.17) is 11.6 Å². The van der Waals surface area contributed by atoms with Crippen molar-refractivity contribution in [2.45, 2.75) is 32.9 Å². The zero-order chi connectivity index (χ0) is 14.9. The second kappa shape index (κ2) is 6.92. The van der Waals surface area contributed by atoms with E-state index in [0.29, 0.717) is 0 Å². The van der Waals surface area contributed by atoms with Gasteiger partial charge in [-0.05, 0) is 58.8 Å². The monoisotopic (exact) mass is 439 g/mol. The summed E-state index contributed by atoms with van der Waals surface area (Å²) in [6.07, 6.45) is 0.823. The lowest BCUT2D eigenvalue weighted by Gasteiger charge is -2.15. The molecule has 2 aromatic heterocycles. The van der Waals surface area contributed by atoms with E-state index in [1.54, 1.807) is 11.3 Å². The van der Waals surface area contributed by atoms with Crippen LogP contribution in [0, 0.1) is 6.92 Å². The molecule has 0 amide bonds. The number of thiophene rings is 1. The van der Waals surface area contributed by atoms with Crippen LogP contribution in [0.2, 0.25) is 5.02 Å². The molecule has 20 heavy (non-hydrogen) atoms. The van der Waals surface area contributed by atoms with Crippen molar-refractivity contribution in [1.29, 1.82) is 0 Å². The van der Waals surface area contributed by atoms with Crippen molar-refractivity contribution in [3.63, 3.8) is 0 Å². The van der Waals surface area contributed by atoms with E-state index in [-0.39, 0.29) is 6.04 Å². The van der Waals surface area contributed by atoms with Crippen LogP contribution in [-0.4, -0.2) is 16.8 Å². The molecule has 2 aromatic rings. The van der Waals surface area contributed by atoms with Crippen LogP contribution >= 0.6 is 54.8 Å². The standard InChI is InChI=1S/C13H16Br2ClN3S/c1-4-19-10(12(16)7(2)18-19)6-9(17-3)11-5-8(14)13(15)20-11/h5,9,17H,4,6H2,1-3H3. The zero-order valence-corrected chi connectivity index (χ0v) is 16.2. The Hall–Kier alpha value is 0.120. The lowest BCUT2D eigenvalue weighted by atomic mass is 10.1. The Kier molecular flexibility index (Phi) is 5.71. The summed E-state index contributed by atoms with van der Waals surface area (Å²) in [6, 6.07) is 2.37. The molecule has 0 bridgehead atoms. The van der Waals surface area contributed by atoms with Crippen molar-refractivity contribution < 1.29 is 0 Å². The maximum atomic E-state index is 6.39. The Bertz CT molecular complexity index is 590. The first-order chi connectivity index (χ1) is 9.47. The number of aryl methyl sites for hydroxylation is 2. The molecular weight excluding hydrogens is 425 g/mol. The summed E-state index contributed by atoms with van der Waals surface area (Å²) < 4.78 is 4.18. The predicted octanol–water partition coefficient (Wildman–Crippen LogP) is 4.95. The molecule has 0 saturated carbocycles. The Morgan fingerprint density at radius 1 is 1.50 bits per heavy atom. The first kappa shape index (κ1) is 16.5. The quantitative estimate of drug-likeness (QED) is 0.711. The molecule has 110 valence electrons. The summed E-state index contributed by atoms with van der Waals surface area (Å²) in [6.45, 7) is 4.86. The van der Waals surface area contributed by atoms with E-state index < -0.39 is 0 Å². The molecule has 0 saturated heterocycles. The fourth-order valence-electron chi connectivity index (χ4n) is 2.14. The molecule has 3 nitrogen and oxygen atoms in total. The number of rotatable bonds is 5. The van der Waals surface area contributed by atoms with Crippen molar-refractivity contribution in [3.8, 4) is 0 Å². The lowest BCUT2D eigenvalue weighted by Crippen LogP contribution is -2.19. The molecule has 0 radical (unpaired) electrons. The molecule has 0 fully saturated rings. The zero-order valence-electron chi connectivity index (χ0n) is 11.5. The summed E-state index contributed by atoms with van der Waals surface area (Å²) in [4.78, 5) is 1.27. The molecule has 1 atom stereocenters. The van der Waals surface area contributed by atoms with E-state index in [2.05, 4.69) is 55.3 Å². The number of hydrogen-bond acceptors (Lipinski definition) is 3. The summed E-state index contributed by atoms with van der Waals surface area (Å²) in [7, 11) is 1.97. The Morgan fingerprint density at radius 2 is 2.20 bits per heavy atom. The number of nitrogens with one attached hydrogen (secondary N) is 1. The summed E-state index contributed by atoms with van der Waals surface area (Å²) in [5.74, 6) is 0. The first-order valence-corrected chi connectivity index (χ1v) is 9.09. The normalized spacial score (nSPS) is 12.9. The third-order valence-corrected chi connectivity index (χ3v) is 7.07. The largest absolute Gasteiger partial charge is 0.312 e. The molecule has 0 aliphatic heterocycles. The highest BCUT2D eigenvalue weighted by atomic mass is 79.9. The number of nitrogens with zero attached hydrogens (tertiary/aromatic N) is 2. The highest BCUT2D eigenvalue weighted by Gasteiger charge is 2.20. The van der Waals surface area contributed by atoms with Crippen molar-refractivity contribution in [1.82, 2.24) is 15.1 Å². The molecule has 0 aliphatic carbocycles. The van der Waals surface area contributed by atoms with E-state index in [0.717, 1.165) is 37.6 Å². The third kappa shape index (κ3) is 3.30. The van der Waals surface area contributed by atoms with Gasteiger partial charge in [-0.3, -0.25) is 4.68 Å². The minimum atomic E-state index is 0.224. The molecular formula is C13H16Br2ClN3S. The number of halogens is 3. The molecule has 0 aliphatic rings.